The molecular weight excluding hydrogens is 245 g/mol. The molecule has 0 saturated carbocycles. The Morgan fingerprint density at radius 1 is 0.778 bits per heavy atom. The summed E-state index contributed by atoms with van der Waals surface area (Å²) in [4.78, 5) is 0. The highest BCUT2D eigenvalue weighted by Crippen LogP contribution is 2.33. The van der Waals surface area contributed by atoms with E-state index in [1.165, 1.54) is 7.37 Å². The normalized spacial score (nSPS) is 14.6. The molecule has 0 rings (SSSR count). The third kappa shape index (κ3) is 5.21. The molecule has 0 aromatic rings. The molecule has 6 heteroatoms. The van der Waals surface area contributed by atoms with Gasteiger partial charge in [0.2, 0.25) is 0 Å². The van der Waals surface area contributed by atoms with Crippen LogP contribution in [0.15, 0.2) is 0 Å². The minimum atomic E-state index is -0.924. The zero-order chi connectivity index (χ0) is 14.8. The lowest BCUT2D eigenvalue weighted by Gasteiger charge is -2.40. The van der Waals surface area contributed by atoms with E-state index >= 15 is 0 Å². The molecule has 0 aromatic carbocycles. The quantitative estimate of drug-likeness (QED) is 0.438. The van der Waals surface area contributed by atoms with Crippen molar-refractivity contribution in [2.45, 2.75) is 77.3 Å². The first kappa shape index (κ1) is 18.4. The van der Waals surface area contributed by atoms with Gasteiger partial charge in [-0.15, -0.1) is 9.24 Å². The van der Waals surface area contributed by atoms with Crippen molar-refractivity contribution in [3.8, 4) is 0 Å². The predicted molar refractivity (Wildman–Crippen MR) is 81.9 cm³/mol. The molecule has 18 heavy (non-hydrogen) atoms. The van der Waals surface area contributed by atoms with Gasteiger partial charge < -0.3 is 14.4 Å². The molecule has 0 aliphatic rings. The van der Waals surface area contributed by atoms with E-state index in [1.54, 1.807) is 21.2 Å². The Balaban J connectivity index is 4.17. The lowest BCUT2D eigenvalue weighted by Crippen LogP contribution is -2.50. The maximum absolute atomic E-state index is 9.93. The van der Waals surface area contributed by atoms with Crippen LogP contribution in [0.1, 0.15) is 55.4 Å². The van der Waals surface area contributed by atoms with Gasteiger partial charge >= 0.3 is 0 Å². The van der Waals surface area contributed by atoms with Crippen LogP contribution in [-0.4, -0.2) is 41.8 Å². The topological polar surface area (TPSA) is 38.7 Å². The van der Waals surface area contributed by atoms with E-state index in [0.717, 1.165) is 0 Å². The third-order valence-electron chi connectivity index (χ3n) is 3.81. The van der Waals surface area contributed by atoms with E-state index in [-0.39, 0.29) is 10.8 Å². The second-order valence-electron chi connectivity index (χ2n) is 6.81. The van der Waals surface area contributed by atoms with Crippen LogP contribution in [0.25, 0.3) is 0 Å². The van der Waals surface area contributed by atoms with E-state index in [1.807, 2.05) is 27.7 Å². The summed E-state index contributed by atoms with van der Waals surface area (Å²) >= 11 is 0. The Morgan fingerprint density at radius 3 is 1.39 bits per heavy atom. The van der Waals surface area contributed by atoms with E-state index in [4.69, 9.17) is 9.31 Å². The van der Waals surface area contributed by atoms with Gasteiger partial charge in [-0.2, -0.15) is 0 Å². The second kappa shape index (κ2) is 5.83. The summed E-state index contributed by atoms with van der Waals surface area (Å²) in [6.07, 6.45) is 0. The van der Waals surface area contributed by atoms with Gasteiger partial charge in [0.25, 0.3) is 14.7 Å². The molecule has 1 N–H and O–H groups in total. The van der Waals surface area contributed by atoms with Crippen LogP contribution in [0, 0.1) is 0 Å². The Hall–Kier alpha value is 0.440. The average Bonchev–Trinajstić information content (AvgIpc) is 2.08. The fourth-order valence-corrected chi connectivity index (χ4v) is 0.760. The van der Waals surface area contributed by atoms with Crippen LogP contribution in [0.5, 0.6) is 0 Å². The predicted octanol–water partition coefficient (Wildman–Crippen LogP) is 2.15. The molecule has 104 valence electrons. The van der Waals surface area contributed by atoms with Crippen LogP contribution in [0.2, 0.25) is 0 Å². The maximum Gasteiger partial charge on any atom is 0.283 e. The largest absolute Gasteiger partial charge is 0.442 e. The molecule has 0 aliphatic carbocycles. The minimum Gasteiger partial charge on any atom is -0.442 e. The van der Waals surface area contributed by atoms with E-state index in [2.05, 4.69) is 23.1 Å². The molecule has 3 nitrogen and oxygen atoms in total. The van der Waals surface area contributed by atoms with E-state index in [0.29, 0.717) is 0 Å². The Labute approximate surface area is 116 Å². The smallest absolute Gasteiger partial charge is 0.283 e. The van der Waals surface area contributed by atoms with Crippen LogP contribution in [0.3, 0.4) is 0 Å². The van der Waals surface area contributed by atoms with Crippen molar-refractivity contribution >= 4 is 24.0 Å². The summed E-state index contributed by atoms with van der Waals surface area (Å²) in [6.45, 7) is 15.3. The standard InChI is InChI=1S/C12H27B2O3P/c1-9(2,15)10(3,4)16-13-14-17-11(5,6)12(7,8)18/h15H,18H2,1-8H3. The van der Waals surface area contributed by atoms with Crippen molar-refractivity contribution in [3.63, 3.8) is 0 Å². The Kier molecular flexibility index (Phi) is 5.97. The highest BCUT2D eigenvalue weighted by molar-refractivity contribution is 7.19. The summed E-state index contributed by atoms with van der Waals surface area (Å²) in [5.41, 5.74) is -1.92. The highest BCUT2D eigenvalue weighted by Gasteiger charge is 2.37. The Bertz CT molecular complexity index is 239. The third-order valence-corrected chi connectivity index (χ3v) is 4.50. The molecule has 2 radical (unpaired) electrons. The molecule has 0 aromatic heterocycles. The molecule has 0 fully saturated rings. The maximum atomic E-state index is 9.93. The number of hydrogen-bond acceptors (Lipinski definition) is 3. The van der Waals surface area contributed by atoms with Gasteiger partial charge in [-0.1, -0.05) is 13.8 Å². The number of rotatable bonds is 7. The summed E-state index contributed by atoms with van der Waals surface area (Å²) in [5, 5.41) is 9.88. The zero-order valence-corrected chi connectivity index (χ0v) is 14.2. The fourth-order valence-electron chi connectivity index (χ4n) is 0.692. The molecular formula is C12H27B2O3P. The zero-order valence-electron chi connectivity index (χ0n) is 13.0. The van der Waals surface area contributed by atoms with E-state index in [9.17, 15) is 5.11 Å². The Morgan fingerprint density at radius 2 is 1.11 bits per heavy atom. The van der Waals surface area contributed by atoms with E-state index < -0.39 is 11.2 Å². The average molecular weight is 272 g/mol. The van der Waals surface area contributed by atoms with Crippen molar-refractivity contribution < 1.29 is 14.4 Å². The molecule has 1 atom stereocenters. The van der Waals surface area contributed by atoms with Crippen molar-refractivity contribution in [2.24, 2.45) is 0 Å². The molecule has 0 saturated heterocycles. The van der Waals surface area contributed by atoms with Gasteiger partial charge in [0, 0.05) is 5.16 Å². The summed E-state index contributed by atoms with van der Waals surface area (Å²) < 4.78 is 11.2. The first-order chi connectivity index (χ1) is 7.71. The monoisotopic (exact) mass is 272 g/mol. The van der Waals surface area contributed by atoms with Crippen molar-refractivity contribution in [1.82, 2.24) is 0 Å². The lowest BCUT2D eigenvalue weighted by atomic mass is 9.62. The minimum absolute atomic E-state index is 0.0525. The van der Waals surface area contributed by atoms with Crippen LogP contribution in [0.4, 0.5) is 0 Å². The van der Waals surface area contributed by atoms with Gasteiger partial charge in [-0.05, 0) is 41.5 Å². The van der Waals surface area contributed by atoms with Gasteiger partial charge in [0.1, 0.15) is 0 Å². The first-order valence-electron chi connectivity index (χ1n) is 6.23. The van der Waals surface area contributed by atoms with Crippen LogP contribution >= 0.6 is 9.24 Å². The van der Waals surface area contributed by atoms with Crippen molar-refractivity contribution in [1.29, 1.82) is 0 Å². The highest BCUT2D eigenvalue weighted by atomic mass is 31.0. The van der Waals surface area contributed by atoms with Crippen molar-refractivity contribution in [3.05, 3.63) is 0 Å². The number of aliphatic hydroxyl groups is 1. The van der Waals surface area contributed by atoms with Gasteiger partial charge in [-0.3, -0.25) is 0 Å². The van der Waals surface area contributed by atoms with Gasteiger partial charge in [-0.25, -0.2) is 0 Å². The van der Waals surface area contributed by atoms with Crippen molar-refractivity contribution in [2.75, 3.05) is 0 Å². The summed E-state index contributed by atoms with van der Waals surface area (Å²) in [5.74, 6) is 0. The molecule has 0 bridgehead atoms. The lowest BCUT2D eigenvalue weighted by molar-refractivity contribution is -0.0892. The molecule has 0 heterocycles. The van der Waals surface area contributed by atoms with Crippen LogP contribution in [-0.2, 0) is 9.31 Å². The molecule has 0 amide bonds. The van der Waals surface area contributed by atoms with Gasteiger partial charge in [0.15, 0.2) is 0 Å². The fraction of sp³-hybridized carbons (Fsp3) is 1.00. The summed E-state index contributed by atoms with van der Waals surface area (Å²) in [6, 6.07) is 0. The molecule has 0 aliphatic heterocycles. The molecule has 0 spiro atoms. The molecule has 1 unspecified atom stereocenters. The summed E-state index contributed by atoms with van der Waals surface area (Å²) in [7, 11) is 5.81. The second-order valence-corrected chi connectivity index (χ2v) is 8.25. The SMILES string of the molecule is CC(C)(O)C(C)(C)O[B][B]OC(C)(C)C(C)(C)P. The van der Waals surface area contributed by atoms with Gasteiger partial charge in [0.05, 0.1) is 16.8 Å². The number of hydrogen-bond donors (Lipinski definition) is 1. The van der Waals surface area contributed by atoms with Crippen LogP contribution < -0.4 is 0 Å². The first-order valence-corrected chi connectivity index (χ1v) is 6.80.